The summed E-state index contributed by atoms with van der Waals surface area (Å²) in [6, 6.07) is 77.2. The lowest BCUT2D eigenvalue weighted by molar-refractivity contribution is 0.0690. The molecule has 116 heavy (non-hydrogen) atoms. The fourth-order valence-electron chi connectivity index (χ4n) is 17.1. The van der Waals surface area contributed by atoms with Crippen molar-refractivity contribution in [1.82, 2.24) is 14.7 Å². The molecule has 0 aromatic heterocycles. The van der Waals surface area contributed by atoms with Crippen molar-refractivity contribution >= 4 is 68.9 Å². The molecular weight excluding hydrogens is 1450 g/mol. The Bertz CT molecular complexity index is 4850. The minimum absolute atomic E-state index is 0.00318. The van der Waals surface area contributed by atoms with Crippen LogP contribution in [0, 0.1) is 73.0 Å². The SMILES string of the molecule is Cc1cc(C)c(C(=O)N2CCN(c3ccccc3C#N)CC2)cc1NC1CCCN(c2cccc(C#N)c2)CC1.Cc1ccc(NC2CCN(c3ccccc3C#N)CC2)cc1C(=O)N1CCN(c2ccccc2)[C@@H](CO)C1.Cc1ccc(NC2CCN(c3ccccc3C#N)CC2)cc1C(=O)N1CCN(c2ccccc2)[C@H](CO)C1. The van der Waals surface area contributed by atoms with Crippen molar-refractivity contribution in [3.8, 4) is 24.3 Å². The smallest absolute Gasteiger partial charge is 0.254 e. The summed E-state index contributed by atoms with van der Waals surface area (Å²) in [6.45, 7) is 19.7. The molecule has 6 aliphatic rings. The van der Waals surface area contributed by atoms with Gasteiger partial charge in [0.25, 0.3) is 17.7 Å². The third kappa shape index (κ3) is 19.8. The van der Waals surface area contributed by atoms with E-state index in [1.54, 1.807) is 0 Å². The summed E-state index contributed by atoms with van der Waals surface area (Å²) in [5, 5.41) is 68.9. The van der Waals surface area contributed by atoms with Crippen molar-refractivity contribution < 1.29 is 24.6 Å². The summed E-state index contributed by atoms with van der Waals surface area (Å²) < 4.78 is 0. The van der Waals surface area contributed by atoms with E-state index < -0.39 is 0 Å². The van der Waals surface area contributed by atoms with Gasteiger partial charge >= 0.3 is 0 Å². The van der Waals surface area contributed by atoms with Crippen molar-refractivity contribution in [2.45, 2.75) is 103 Å². The lowest BCUT2D eigenvalue weighted by Crippen LogP contribution is -2.56. The lowest BCUT2D eigenvalue weighted by Gasteiger charge is -2.42. The number of amides is 3. The Morgan fingerprint density at radius 1 is 0.353 bits per heavy atom. The number of rotatable bonds is 17. The number of piperidine rings is 2. The Balaban J connectivity index is 0.000000151. The summed E-state index contributed by atoms with van der Waals surface area (Å²) in [5.41, 5.74) is 18.2. The zero-order valence-electron chi connectivity index (χ0n) is 67.1. The number of carbonyl (C=O) groups excluding carboxylic acids is 3. The Labute approximate surface area is 683 Å². The maximum Gasteiger partial charge on any atom is 0.254 e. The van der Waals surface area contributed by atoms with Gasteiger partial charge in [0, 0.05) is 174 Å². The van der Waals surface area contributed by atoms with Crippen LogP contribution in [0.4, 0.5) is 51.2 Å². The number of nitrogens with zero attached hydrogens (tertiary/aromatic N) is 13. The van der Waals surface area contributed by atoms with Gasteiger partial charge in [0.05, 0.1) is 70.7 Å². The van der Waals surface area contributed by atoms with E-state index in [1.807, 2.05) is 230 Å². The number of hydrogen-bond acceptors (Lipinski definition) is 18. The number of aliphatic hydroxyl groups is 2. The van der Waals surface area contributed by atoms with Crippen LogP contribution in [-0.2, 0) is 0 Å². The molecule has 1 unspecified atom stereocenters. The molecule has 0 bridgehead atoms. The van der Waals surface area contributed by atoms with Gasteiger partial charge in [0.2, 0.25) is 0 Å². The maximum atomic E-state index is 13.6. The third-order valence-electron chi connectivity index (χ3n) is 23.7. The van der Waals surface area contributed by atoms with Gasteiger partial charge in [0.15, 0.2) is 0 Å². The molecule has 15 rings (SSSR count). The van der Waals surface area contributed by atoms with Crippen LogP contribution >= 0.6 is 0 Å². The second-order valence-electron chi connectivity index (χ2n) is 31.2. The number of anilines is 9. The average molecular weight is 1550 g/mol. The van der Waals surface area contributed by atoms with E-state index in [-0.39, 0.29) is 43.0 Å². The van der Waals surface area contributed by atoms with Gasteiger partial charge in [-0.2, -0.15) is 21.0 Å². The first-order valence-electron chi connectivity index (χ1n) is 40.9. The molecule has 21 nitrogen and oxygen atoms in total. The second-order valence-corrected chi connectivity index (χ2v) is 31.2. The number of para-hydroxylation sites is 5. The molecule has 9 aromatic rings. The van der Waals surface area contributed by atoms with Crippen molar-refractivity contribution in [2.75, 3.05) is 163 Å². The molecule has 6 fully saturated rings. The fraction of sp³-hybridized carbons (Fsp3) is 0.358. The lowest BCUT2D eigenvalue weighted by atomic mass is 10.0. The monoisotopic (exact) mass is 1550 g/mol. The Morgan fingerprint density at radius 3 is 1.20 bits per heavy atom. The van der Waals surface area contributed by atoms with Crippen molar-refractivity contribution in [3.05, 3.63) is 267 Å². The molecule has 0 spiro atoms. The minimum atomic E-state index is -0.131. The molecule has 6 saturated heterocycles. The number of hydrogen-bond donors (Lipinski definition) is 5. The van der Waals surface area contributed by atoms with Gasteiger partial charge in [-0.15, -0.1) is 0 Å². The predicted octanol–water partition coefficient (Wildman–Crippen LogP) is 14.0. The van der Waals surface area contributed by atoms with E-state index in [0.717, 1.165) is 163 Å². The van der Waals surface area contributed by atoms with Crippen LogP contribution in [0.15, 0.2) is 206 Å². The summed E-state index contributed by atoms with van der Waals surface area (Å²) in [6.07, 6.45) is 6.92. The van der Waals surface area contributed by atoms with Crippen molar-refractivity contribution in [3.63, 3.8) is 0 Å². The Morgan fingerprint density at radius 2 is 0.750 bits per heavy atom. The Hall–Kier alpha value is -12.5. The van der Waals surface area contributed by atoms with E-state index >= 15 is 0 Å². The third-order valence-corrected chi connectivity index (χ3v) is 23.7. The first-order valence-corrected chi connectivity index (χ1v) is 40.9. The minimum Gasteiger partial charge on any atom is -0.394 e. The molecule has 596 valence electrons. The molecule has 3 amide bonds. The number of carbonyl (C=O) groups is 3. The molecule has 21 heteroatoms. The number of aliphatic hydroxyl groups excluding tert-OH is 2. The zero-order chi connectivity index (χ0) is 81.0. The first-order chi connectivity index (χ1) is 56.6. The van der Waals surface area contributed by atoms with E-state index in [1.165, 1.54) is 0 Å². The van der Waals surface area contributed by atoms with Gasteiger partial charge in [-0.3, -0.25) is 14.4 Å². The summed E-state index contributed by atoms with van der Waals surface area (Å²) in [7, 11) is 0. The summed E-state index contributed by atoms with van der Waals surface area (Å²) >= 11 is 0. The van der Waals surface area contributed by atoms with E-state index in [2.05, 4.69) is 88.7 Å². The van der Waals surface area contributed by atoms with E-state index in [0.29, 0.717) is 117 Å². The molecule has 6 aliphatic heterocycles. The van der Waals surface area contributed by atoms with Crippen molar-refractivity contribution in [1.29, 1.82) is 21.0 Å². The molecule has 3 atom stereocenters. The van der Waals surface area contributed by atoms with Crippen molar-refractivity contribution in [2.24, 2.45) is 0 Å². The molecule has 5 N–H and O–H groups in total. The fourth-order valence-corrected chi connectivity index (χ4v) is 17.1. The highest BCUT2D eigenvalue weighted by Crippen LogP contribution is 2.34. The molecule has 0 aliphatic carbocycles. The van der Waals surface area contributed by atoms with Crippen LogP contribution < -0.4 is 45.3 Å². The molecular formula is C95H106N16O5. The van der Waals surface area contributed by atoms with Gasteiger partial charge in [-0.05, 0) is 204 Å². The highest BCUT2D eigenvalue weighted by Gasteiger charge is 2.34. The Kier molecular flexibility index (Phi) is 27.4. The highest BCUT2D eigenvalue weighted by molar-refractivity contribution is 5.98. The number of benzene rings is 9. The van der Waals surface area contributed by atoms with Gasteiger partial charge < -0.3 is 70.3 Å². The van der Waals surface area contributed by atoms with E-state index in [4.69, 9.17) is 0 Å². The maximum absolute atomic E-state index is 13.6. The molecule has 6 heterocycles. The quantitative estimate of drug-likeness (QED) is 0.0568. The molecule has 9 aromatic carbocycles. The van der Waals surface area contributed by atoms with Gasteiger partial charge in [-0.1, -0.05) is 97.1 Å². The van der Waals surface area contributed by atoms with Gasteiger partial charge in [-0.25, -0.2) is 0 Å². The normalized spacial score (nSPS) is 18.0. The highest BCUT2D eigenvalue weighted by atomic mass is 16.3. The second kappa shape index (κ2) is 39.0. The summed E-state index contributed by atoms with van der Waals surface area (Å²) in [5.74, 6) is 0.0960. The van der Waals surface area contributed by atoms with Crippen LogP contribution in [0.5, 0.6) is 0 Å². The van der Waals surface area contributed by atoms with Crippen LogP contribution in [0.1, 0.15) is 121 Å². The summed E-state index contributed by atoms with van der Waals surface area (Å²) in [4.78, 5) is 60.0. The number of aryl methyl sites for hydroxylation is 4. The average Bonchev–Trinajstić information content (AvgIpc) is 1.07. The van der Waals surface area contributed by atoms with Crippen LogP contribution in [-0.4, -0.2) is 191 Å². The van der Waals surface area contributed by atoms with E-state index in [9.17, 15) is 45.6 Å². The number of nitriles is 4. The standard InChI is InChI=1S/C33H36N6O.2C31H35N5O2/c1-24-19-25(2)31(36-28-9-6-13-37(14-12-28)29-10-5-7-26(20-29)22-34)21-30(24)33(40)39-17-15-38(16-18-39)32-11-4-3-8-27(32)23-35;2*1-23-11-12-26(33-25-13-15-34(16-14-25)30-10-6-5-7-24(30)20-32)19-29(23)31(38)35-17-18-36(28(21-35)22-37)27-8-3-2-4-9-27/h3-5,7-8,10-11,19-21,28,36H,6,9,12-18H2,1-2H3;2*2-12,19,25,28,33,37H,13-18,21-22H2,1H3/t;2*28-/m.10/s1. The predicted molar refractivity (Wildman–Crippen MR) is 463 cm³/mol. The zero-order valence-corrected chi connectivity index (χ0v) is 67.1. The molecule has 0 radical (unpaired) electrons. The first kappa shape index (κ1) is 81.5. The topological polar surface area (TPSA) is 252 Å². The van der Waals surface area contributed by atoms with Gasteiger partial charge in [0.1, 0.15) is 18.2 Å². The van der Waals surface area contributed by atoms with Crippen LogP contribution in [0.25, 0.3) is 0 Å². The largest absolute Gasteiger partial charge is 0.394 e. The number of nitrogens with one attached hydrogen (secondary N) is 3. The van der Waals surface area contributed by atoms with Crippen LogP contribution in [0.3, 0.4) is 0 Å². The number of piperazine rings is 3. The molecule has 0 saturated carbocycles. The van der Waals surface area contributed by atoms with Crippen LogP contribution in [0.2, 0.25) is 0 Å².